The van der Waals surface area contributed by atoms with Gasteiger partial charge < -0.3 is 10.2 Å². The predicted molar refractivity (Wildman–Crippen MR) is 101 cm³/mol. The molecule has 0 spiro atoms. The second-order valence-electron chi connectivity index (χ2n) is 6.56. The van der Waals surface area contributed by atoms with Crippen molar-refractivity contribution in [2.24, 2.45) is 0 Å². The van der Waals surface area contributed by atoms with Crippen LogP contribution in [0.4, 0.5) is 5.69 Å². The third-order valence-electron chi connectivity index (χ3n) is 4.74. The highest BCUT2D eigenvalue weighted by molar-refractivity contribution is 6.00. The van der Waals surface area contributed by atoms with Crippen LogP contribution in [0.25, 0.3) is 10.9 Å². The largest absolute Gasteiger partial charge is 0.384 e. The van der Waals surface area contributed by atoms with Gasteiger partial charge in [0.1, 0.15) is 0 Å². The lowest BCUT2D eigenvalue weighted by atomic mass is 9.98. The molecule has 1 aliphatic rings. The molecule has 1 aromatic heterocycles. The molecule has 1 N–H and O–H groups in total. The minimum atomic E-state index is 0.0533. The van der Waals surface area contributed by atoms with E-state index in [0.29, 0.717) is 6.54 Å². The number of pyridine rings is 1. The normalized spacial score (nSPS) is 13.2. The summed E-state index contributed by atoms with van der Waals surface area (Å²) in [7, 11) is 1.86. The van der Waals surface area contributed by atoms with Gasteiger partial charge in [0.2, 0.25) is 0 Å². The molecule has 1 aliphatic heterocycles. The zero-order valence-electron chi connectivity index (χ0n) is 14.3. The van der Waals surface area contributed by atoms with E-state index >= 15 is 0 Å². The van der Waals surface area contributed by atoms with Gasteiger partial charge in [0.05, 0.1) is 16.8 Å². The zero-order valence-corrected chi connectivity index (χ0v) is 14.3. The molecule has 0 saturated carbocycles. The van der Waals surface area contributed by atoms with Crippen LogP contribution < -0.4 is 5.32 Å². The number of nitrogens with one attached hydrogen (secondary N) is 1. The first-order valence-corrected chi connectivity index (χ1v) is 8.67. The number of aryl methyl sites for hydroxylation is 1. The van der Waals surface area contributed by atoms with Crippen molar-refractivity contribution in [3.05, 3.63) is 71.4 Å². The number of carbonyl (C=O) groups excluding carboxylic acids is 1. The summed E-state index contributed by atoms with van der Waals surface area (Å²) in [4.78, 5) is 19.1. The number of para-hydroxylation sites is 1. The Balaban J connectivity index is 1.58. The molecule has 0 unspecified atom stereocenters. The molecule has 4 rings (SSSR count). The van der Waals surface area contributed by atoms with Crippen LogP contribution in [0.1, 0.15) is 27.9 Å². The number of hydrogen-bond donors (Lipinski definition) is 1. The summed E-state index contributed by atoms with van der Waals surface area (Å²) in [6.07, 6.45) is 3.94. The second-order valence-corrected chi connectivity index (χ2v) is 6.56. The van der Waals surface area contributed by atoms with Crippen molar-refractivity contribution in [3.63, 3.8) is 0 Å². The van der Waals surface area contributed by atoms with Gasteiger partial charge >= 0.3 is 0 Å². The van der Waals surface area contributed by atoms with Crippen molar-refractivity contribution in [3.8, 4) is 0 Å². The minimum Gasteiger partial charge on any atom is -0.384 e. The molecule has 4 nitrogen and oxygen atoms in total. The Morgan fingerprint density at radius 1 is 1.20 bits per heavy atom. The van der Waals surface area contributed by atoms with E-state index in [-0.39, 0.29) is 5.91 Å². The maximum Gasteiger partial charge on any atom is 0.256 e. The fourth-order valence-electron chi connectivity index (χ4n) is 3.46. The smallest absolute Gasteiger partial charge is 0.256 e. The lowest BCUT2D eigenvalue weighted by molar-refractivity contribution is 0.0786. The van der Waals surface area contributed by atoms with Crippen LogP contribution in [-0.2, 0) is 13.0 Å². The van der Waals surface area contributed by atoms with E-state index in [4.69, 9.17) is 0 Å². The monoisotopic (exact) mass is 331 g/mol. The van der Waals surface area contributed by atoms with E-state index in [9.17, 15) is 4.79 Å². The third-order valence-corrected chi connectivity index (χ3v) is 4.74. The van der Waals surface area contributed by atoms with Crippen LogP contribution in [0.2, 0.25) is 0 Å². The molecule has 0 fully saturated rings. The van der Waals surface area contributed by atoms with Crippen molar-refractivity contribution < 1.29 is 4.79 Å². The number of amides is 1. The van der Waals surface area contributed by atoms with Crippen molar-refractivity contribution in [2.75, 3.05) is 18.9 Å². The van der Waals surface area contributed by atoms with Gasteiger partial charge in [-0.2, -0.15) is 0 Å². The fourth-order valence-corrected chi connectivity index (χ4v) is 3.46. The molecule has 2 aromatic carbocycles. The molecular weight excluding hydrogens is 310 g/mol. The Morgan fingerprint density at radius 2 is 2.12 bits per heavy atom. The number of aromatic nitrogens is 1. The SMILES string of the molecule is CN(Cc1ccc2ncccc2c1)C(=O)c1cccc2c1NCCC2. The highest BCUT2D eigenvalue weighted by atomic mass is 16.2. The first-order valence-electron chi connectivity index (χ1n) is 8.67. The average molecular weight is 331 g/mol. The number of fused-ring (bicyclic) bond motifs is 2. The Hall–Kier alpha value is -2.88. The second kappa shape index (κ2) is 6.55. The summed E-state index contributed by atoms with van der Waals surface area (Å²) in [6, 6.07) is 16.1. The van der Waals surface area contributed by atoms with Gasteiger partial charge in [-0.3, -0.25) is 9.78 Å². The summed E-state index contributed by atoms with van der Waals surface area (Å²) >= 11 is 0. The van der Waals surface area contributed by atoms with Crippen LogP contribution in [0.5, 0.6) is 0 Å². The molecular formula is C21H21N3O. The van der Waals surface area contributed by atoms with Crippen molar-refractivity contribution in [1.82, 2.24) is 9.88 Å². The number of carbonyl (C=O) groups is 1. The van der Waals surface area contributed by atoms with Gasteiger partial charge in [-0.05, 0) is 48.2 Å². The Kier molecular flexibility index (Phi) is 4.10. The van der Waals surface area contributed by atoms with E-state index < -0.39 is 0 Å². The minimum absolute atomic E-state index is 0.0533. The molecule has 3 aromatic rings. The van der Waals surface area contributed by atoms with Crippen LogP contribution in [-0.4, -0.2) is 29.4 Å². The molecule has 0 radical (unpaired) electrons. The standard InChI is InChI=1S/C21H21N3O/c1-24(14-15-9-10-19-17(13-15)7-4-11-22-19)21(25)18-8-2-5-16-6-3-12-23-20(16)18/h2,4-5,7-11,13,23H,3,6,12,14H2,1H3. The third kappa shape index (κ3) is 3.07. The summed E-state index contributed by atoms with van der Waals surface area (Å²) < 4.78 is 0. The van der Waals surface area contributed by atoms with Crippen molar-refractivity contribution >= 4 is 22.5 Å². The van der Waals surface area contributed by atoms with Gasteiger partial charge in [-0.25, -0.2) is 0 Å². The van der Waals surface area contributed by atoms with Crippen LogP contribution >= 0.6 is 0 Å². The van der Waals surface area contributed by atoms with E-state index in [1.165, 1.54) is 5.56 Å². The highest BCUT2D eigenvalue weighted by Crippen LogP contribution is 2.27. The highest BCUT2D eigenvalue weighted by Gasteiger charge is 2.20. The average Bonchev–Trinajstić information content (AvgIpc) is 2.67. The molecule has 126 valence electrons. The van der Waals surface area contributed by atoms with E-state index in [1.54, 1.807) is 11.1 Å². The van der Waals surface area contributed by atoms with E-state index in [2.05, 4.69) is 22.4 Å². The molecule has 0 bridgehead atoms. The Morgan fingerprint density at radius 3 is 3.04 bits per heavy atom. The first-order chi connectivity index (χ1) is 12.2. The lowest BCUT2D eigenvalue weighted by Gasteiger charge is -2.24. The number of nitrogens with zero attached hydrogens (tertiary/aromatic N) is 2. The van der Waals surface area contributed by atoms with Crippen LogP contribution in [0.15, 0.2) is 54.7 Å². The zero-order chi connectivity index (χ0) is 17.2. The maximum absolute atomic E-state index is 13.0. The molecule has 4 heteroatoms. The summed E-state index contributed by atoms with van der Waals surface area (Å²) in [5, 5.41) is 4.50. The van der Waals surface area contributed by atoms with Gasteiger partial charge in [0, 0.05) is 31.7 Å². The predicted octanol–water partition coefficient (Wildman–Crippen LogP) is 3.87. The Labute approximate surface area is 147 Å². The maximum atomic E-state index is 13.0. The molecule has 0 aliphatic carbocycles. The number of rotatable bonds is 3. The van der Waals surface area contributed by atoms with Crippen LogP contribution in [0, 0.1) is 0 Å². The van der Waals surface area contributed by atoms with E-state index in [1.807, 2.05) is 43.4 Å². The quantitative estimate of drug-likeness (QED) is 0.792. The summed E-state index contributed by atoms with van der Waals surface area (Å²) in [5.41, 5.74) is 5.09. The number of hydrogen-bond acceptors (Lipinski definition) is 3. The summed E-state index contributed by atoms with van der Waals surface area (Å²) in [5.74, 6) is 0.0533. The molecule has 25 heavy (non-hydrogen) atoms. The van der Waals surface area contributed by atoms with Crippen molar-refractivity contribution in [2.45, 2.75) is 19.4 Å². The van der Waals surface area contributed by atoms with Crippen LogP contribution in [0.3, 0.4) is 0 Å². The Bertz CT molecular complexity index is 935. The summed E-state index contributed by atoms with van der Waals surface area (Å²) in [6.45, 7) is 1.51. The number of benzene rings is 2. The molecule has 1 amide bonds. The first kappa shape index (κ1) is 15.6. The molecule has 0 saturated heterocycles. The topological polar surface area (TPSA) is 45.2 Å². The van der Waals surface area contributed by atoms with Gasteiger partial charge in [0.25, 0.3) is 5.91 Å². The van der Waals surface area contributed by atoms with Gasteiger partial charge in [-0.15, -0.1) is 0 Å². The van der Waals surface area contributed by atoms with Gasteiger partial charge in [-0.1, -0.05) is 24.3 Å². The van der Waals surface area contributed by atoms with Crippen molar-refractivity contribution in [1.29, 1.82) is 0 Å². The fraction of sp³-hybridized carbons (Fsp3) is 0.238. The molecule has 2 heterocycles. The molecule has 0 atom stereocenters. The number of anilines is 1. The van der Waals surface area contributed by atoms with E-state index in [0.717, 1.165) is 47.1 Å². The lowest BCUT2D eigenvalue weighted by Crippen LogP contribution is -2.28. The van der Waals surface area contributed by atoms with Gasteiger partial charge in [0.15, 0.2) is 0 Å².